The van der Waals surface area contributed by atoms with Crippen LogP contribution in [0.2, 0.25) is 5.02 Å². The van der Waals surface area contributed by atoms with Crippen molar-refractivity contribution < 1.29 is 4.74 Å². The number of imidazole rings is 1. The highest BCUT2D eigenvalue weighted by molar-refractivity contribution is 6.30. The van der Waals surface area contributed by atoms with Crippen LogP contribution in [-0.2, 0) is 6.54 Å². The fourth-order valence-corrected chi connectivity index (χ4v) is 3.78. The summed E-state index contributed by atoms with van der Waals surface area (Å²) in [5.41, 5.74) is 3.21. The molecule has 3 heterocycles. The first-order valence-electron chi connectivity index (χ1n) is 8.87. The van der Waals surface area contributed by atoms with Crippen molar-refractivity contribution in [2.75, 3.05) is 7.11 Å². The molecule has 0 spiro atoms. The van der Waals surface area contributed by atoms with Gasteiger partial charge in [-0.15, -0.1) is 0 Å². The normalized spacial score (nSPS) is 11.5. The molecule has 0 aliphatic heterocycles. The van der Waals surface area contributed by atoms with E-state index in [0.29, 0.717) is 17.0 Å². The fraction of sp³-hybridized carbons (Fsp3) is 0.0909. The number of fused-ring (bicyclic) bond motifs is 5. The van der Waals surface area contributed by atoms with Gasteiger partial charge in [-0.25, -0.2) is 4.98 Å². The van der Waals surface area contributed by atoms with Crippen LogP contribution in [0.4, 0.5) is 0 Å². The Hall–Kier alpha value is -3.31. The summed E-state index contributed by atoms with van der Waals surface area (Å²) < 4.78 is 8.88. The van der Waals surface area contributed by atoms with Gasteiger partial charge in [0.2, 0.25) is 0 Å². The van der Waals surface area contributed by atoms with Crippen molar-refractivity contribution in [3.63, 3.8) is 0 Å². The molecule has 0 amide bonds. The van der Waals surface area contributed by atoms with E-state index in [9.17, 15) is 4.79 Å². The SMILES string of the molecule is COc1ccc(Cn2c(=O)c3ccccc3c3nc4ccc(Cl)cn4c32)cc1. The molecule has 3 aromatic heterocycles. The van der Waals surface area contributed by atoms with E-state index in [-0.39, 0.29) is 5.56 Å². The minimum absolute atomic E-state index is 0.0549. The molecular weight excluding hydrogens is 374 g/mol. The summed E-state index contributed by atoms with van der Waals surface area (Å²) in [6.07, 6.45) is 1.80. The van der Waals surface area contributed by atoms with E-state index in [1.165, 1.54) is 0 Å². The molecule has 0 aliphatic carbocycles. The molecule has 6 heteroatoms. The summed E-state index contributed by atoms with van der Waals surface area (Å²) in [5.74, 6) is 0.779. The largest absolute Gasteiger partial charge is 0.497 e. The van der Waals surface area contributed by atoms with Gasteiger partial charge in [-0.3, -0.25) is 13.8 Å². The summed E-state index contributed by atoms with van der Waals surface area (Å²) in [6.45, 7) is 0.421. The van der Waals surface area contributed by atoms with Crippen LogP contribution in [0.5, 0.6) is 5.75 Å². The lowest BCUT2D eigenvalue weighted by atomic mass is 10.1. The van der Waals surface area contributed by atoms with Crippen LogP contribution in [0.25, 0.3) is 27.6 Å². The molecule has 0 radical (unpaired) electrons. The molecule has 0 bridgehead atoms. The van der Waals surface area contributed by atoms with Gasteiger partial charge in [-0.1, -0.05) is 41.9 Å². The maximum atomic E-state index is 13.4. The smallest absolute Gasteiger partial charge is 0.260 e. The van der Waals surface area contributed by atoms with Gasteiger partial charge in [0.15, 0.2) is 0 Å². The Bertz CT molecular complexity index is 1400. The molecule has 28 heavy (non-hydrogen) atoms. The van der Waals surface area contributed by atoms with Gasteiger partial charge in [0.25, 0.3) is 5.56 Å². The van der Waals surface area contributed by atoms with Crippen LogP contribution in [0, 0.1) is 0 Å². The number of methoxy groups -OCH3 is 1. The quantitative estimate of drug-likeness (QED) is 0.456. The second-order valence-electron chi connectivity index (χ2n) is 6.64. The van der Waals surface area contributed by atoms with Crippen molar-refractivity contribution in [2.45, 2.75) is 6.54 Å². The van der Waals surface area contributed by atoms with E-state index in [2.05, 4.69) is 0 Å². The van der Waals surface area contributed by atoms with E-state index < -0.39 is 0 Å². The highest BCUT2D eigenvalue weighted by atomic mass is 35.5. The number of rotatable bonds is 3. The molecular formula is C22H16ClN3O2. The first kappa shape index (κ1) is 16.8. The van der Waals surface area contributed by atoms with Crippen molar-refractivity contribution in [3.05, 3.63) is 87.8 Å². The molecule has 2 aromatic carbocycles. The molecule has 5 aromatic rings. The van der Waals surface area contributed by atoms with E-state index >= 15 is 0 Å². The number of hydrogen-bond donors (Lipinski definition) is 0. The average Bonchev–Trinajstić information content (AvgIpc) is 3.10. The Morgan fingerprint density at radius 2 is 1.75 bits per heavy atom. The van der Waals surface area contributed by atoms with Crippen molar-refractivity contribution >= 4 is 39.2 Å². The van der Waals surface area contributed by atoms with Crippen LogP contribution in [0.1, 0.15) is 5.56 Å². The van der Waals surface area contributed by atoms with Crippen molar-refractivity contribution in [2.24, 2.45) is 0 Å². The topological polar surface area (TPSA) is 48.5 Å². The van der Waals surface area contributed by atoms with Crippen LogP contribution in [0.15, 0.2) is 71.7 Å². The third-order valence-corrected chi connectivity index (χ3v) is 5.19. The van der Waals surface area contributed by atoms with Gasteiger partial charge in [0, 0.05) is 17.0 Å². The molecule has 0 N–H and O–H groups in total. The molecule has 0 saturated heterocycles. The average molecular weight is 390 g/mol. The van der Waals surface area contributed by atoms with Crippen molar-refractivity contribution in [1.82, 2.24) is 14.0 Å². The molecule has 0 unspecified atom stereocenters. The predicted octanol–water partition coefficient (Wildman–Crippen LogP) is 4.51. The lowest BCUT2D eigenvalue weighted by molar-refractivity contribution is 0.414. The molecule has 0 atom stereocenters. The van der Waals surface area contributed by atoms with Crippen molar-refractivity contribution in [3.8, 4) is 5.75 Å². The number of ether oxygens (including phenoxy) is 1. The van der Waals surface area contributed by atoms with Gasteiger partial charge in [-0.05, 0) is 35.9 Å². The maximum absolute atomic E-state index is 13.4. The second-order valence-corrected chi connectivity index (χ2v) is 7.08. The molecule has 0 aliphatic rings. The Kier molecular flexibility index (Phi) is 3.84. The molecule has 138 valence electrons. The zero-order chi connectivity index (χ0) is 19.3. The van der Waals surface area contributed by atoms with E-state index in [1.54, 1.807) is 23.9 Å². The van der Waals surface area contributed by atoms with E-state index in [0.717, 1.165) is 33.5 Å². The Morgan fingerprint density at radius 1 is 1.00 bits per heavy atom. The molecule has 5 rings (SSSR count). The van der Waals surface area contributed by atoms with Crippen LogP contribution in [0.3, 0.4) is 0 Å². The lowest BCUT2D eigenvalue weighted by Gasteiger charge is -2.11. The van der Waals surface area contributed by atoms with E-state index in [1.807, 2.05) is 59.0 Å². The van der Waals surface area contributed by atoms with Gasteiger partial charge >= 0.3 is 0 Å². The molecule has 0 fully saturated rings. The van der Waals surface area contributed by atoms with Crippen LogP contribution < -0.4 is 10.3 Å². The minimum atomic E-state index is -0.0549. The number of pyridine rings is 2. The minimum Gasteiger partial charge on any atom is -0.497 e. The van der Waals surface area contributed by atoms with Crippen LogP contribution >= 0.6 is 11.6 Å². The summed E-state index contributed by atoms with van der Waals surface area (Å²) in [7, 11) is 1.63. The summed E-state index contributed by atoms with van der Waals surface area (Å²) in [5, 5.41) is 2.08. The zero-order valence-corrected chi connectivity index (χ0v) is 15.8. The summed E-state index contributed by atoms with van der Waals surface area (Å²) in [4.78, 5) is 18.1. The fourth-order valence-electron chi connectivity index (χ4n) is 3.62. The molecule has 0 saturated carbocycles. The predicted molar refractivity (Wildman–Crippen MR) is 112 cm³/mol. The third-order valence-electron chi connectivity index (χ3n) is 4.97. The summed E-state index contributed by atoms with van der Waals surface area (Å²) in [6, 6.07) is 18.9. The monoisotopic (exact) mass is 389 g/mol. The number of hydrogen-bond acceptors (Lipinski definition) is 3. The highest BCUT2D eigenvalue weighted by Crippen LogP contribution is 2.25. The first-order chi connectivity index (χ1) is 13.7. The maximum Gasteiger partial charge on any atom is 0.260 e. The number of benzene rings is 2. The molecule has 5 nitrogen and oxygen atoms in total. The van der Waals surface area contributed by atoms with Gasteiger partial charge in [0.05, 0.1) is 18.7 Å². The second kappa shape index (κ2) is 6.39. The number of nitrogens with zero attached hydrogens (tertiary/aromatic N) is 3. The van der Waals surface area contributed by atoms with Crippen molar-refractivity contribution in [1.29, 1.82) is 0 Å². The Balaban J connectivity index is 1.86. The van der Waals surface area contributed by atoms with Gasteiger partial charge < -0.3 is 4.74 Å². The lowest BCUT2D eigenvalue weighted by Crippen LogP contribution is -2.22. The number of aromatic nitrogens is 3. The Labute approximate surface area is 165 Å². The highest BCUT2D eigenvalue weighted by Gasteiger charge is 2.16. The Morgan fingerprint density at radius 3 is 2.50 bits per heavy atom. The van der Waals surface area contributed by atoms with E-state index in [4.69, 9.17) is 21.3 Å². The zero-order valence-electron chi connectivity index (χ0n) is 15.1. The number of halogens is 1. The van der Waals surface area contributed by atoms with Crippen LogP contribution in [-0.4, -0.2) is 21.1 Å². The standard InChI is InChI=1S/C22H16ClN3O2/c1-28-16-9-6-14(7-10-16)12-26-21-20(17-4-2-3-5-18(17)22(26)27)24-19-11-8-15(23)13-25(19)21/h2-11,13H,12H2,1H3. The van der Waals surface area contributed by atoms with Gasteiger partial charge in [0.1, 0.15) is 22.6 Å². The summed E-state index contributed by atoms with van der Waals surface area (Å²) >= 11 is 6.23. The third kappa shape index (κ3) is 2.55. The first-order valence-corrected chi connectivity index (χ1v) is 9.25. The van der Waals surface area contributed by atoms with Gasteiger partial charge in [-0.2, -0.15) is 0 Å².